The molecule has 0 unspecified atom stereocenters. The highest BCUT2D eigenvalue weighted by Gasteiger charge is 2.37. The molecule has 2 rings (SSSR count). The van der Waals surface area contributed by atoms with Crippen LogP contribution >= 0.6 is 23.2 Å². The second kappa shape index (κ2) is 6.46. The standard InChI is InChI=1S/C17H10Cl2N2/c18-16(13(11-20)12-21)17(19,14-7-3-1-4-8-14)15-9-5-2-6-10-15/h1-10H. The summed E-state index contributed by atoms with van der Waals surface area (Å²) in [6.07, 6.45) is 0. The Labute approximate surface area is 133 Å². The van der Waals surface area contributed by atoms with Gasteiger partial charge in [-0.2, -0.15) is 10.5 Å². The third-order valence-corrected chi connectivity index (χ3v) is 4.28. The fourth-order valence-electron chi connectivity index (χ4n) is 2.05. The van der Waals surface area contributed by atoms with Gasteiger partial charge in [-0.25, -0.2) is 0 Å². The molecule has 0 bridgehead atoms. The van der Waals surface area contributed by atoms with Gasteiger partial charge >= 0.3 is 0 Å². The van der Waals surface area contributed by atoms with E-state index in [1.54, 1.807) is 12.1 Å². The van der Waals surface area contributed by atoms with Gasteiger partial charge in [-0.15, -0.1) is 11.6 Å². The quantitative estimate of drug-likeness (QED) is 0.608. The van der Waals surface area contributed by atoms with Crippen molar-refractivity contribution >= 4 is 23.2 Å². The lowest BCUT2D eigenvalue weighted by Gasteiger charge is -2.28. The molecule has 0 radical (unpaired) electrons. The molecule has 0 amide bonds. The van der Waals surface area contributed by atoms with Crippen molar-refractivity contribution in [1.29, 1.82) is 10.5 Å². The zero-order chi connectivity index (χ0) is 15.3. The van der Waals surface area contributed by atoms with Crippen molar-refractivity contribution in [2.75, 3.05) is 0 Å². The van der Waals surface area contributed by atoms with Gasteiger partial charge < -0.3 is 0 Å². The number of halogens is 2. The largest absolute Gasteiger partial charge is 0.192 e. The molecule has 0 saturated heterocycles. The van der Waals surface area contributed by atoms with Crippen LogP contribution in [-0.2, 0) is 4.87 Å². The zero-order valence-corrected chi connectivity index (χ0v) is 12.4. The van der Waals surface area contributed by atoms with Crippen LogP contribution in [0.5, 0.6) is 0 Å². The molecule has 2 nitrogen and oxygen atoms in total. The predicted molar refractivity (Wildman–Crippen MR) is 83.6 cm³/mol. The first kappa shape index (κ1) is 15.1. The first-order chi connectivity index (χ1) is 10.1. The minimum Gasteiger partial charge on any atom is -0.192 e. The Morgan fingerprint density at radius 1 is 0.810 bits per heavy atom. The summed E-state index contributed by atoms with van der Waals surface area (Å²) in [7, 11) is 0. The molecule has 0 saturated carbocycles. The van der Waals surface area contributed by atoms with E-state index in [9.17, 15) is 0 Å². The highest BCUT2D eigenvalue weighted by Crippen LogP contribution is 2.46. The third kappa shape index (κ3) is 2.78. The topological polar surface area (TPSA) is 47.6 Å². The first-order valence-corrected chi connectivity index (χ1v) is 6.90. The van der Waals surface area contributed by atoms with E-state index < -0.39 is 4.87 Å². The van der Waals surface area contributed by atoms with Crippen LogP contribution in [0, 0.1) is 22.7 Å². The SMILES string of the molecule is N#CC(C#N)=C(Cl)C(Cl)(c1ccccc1)c1ccccc1. The smallest absolute Gasteiger partial charge is 0.146 e. The van der Waals surface area contributed by atoms with E-state index in [2.05, 4.69) is 0 Å². The maximum absolute atomic E-state index is 9.08. The molecule has 0 aromatic heterocycles. The van der Waals surface area contributed by atoms with Gasteiger partial charge in [-0.3, -0.25) is 0 Å². The van der Waals surface area contributed by atoms with Crippen molar-refractivity contribution in [3.63, 3.8) is 0 Å². The van der Waals surface area contributed by atoms with E-state index in [0.717, 1.165) is 0 Å². The van der Waals surface area contributed by atoms with Gasteiger partial charge in [0.1, 0.15) is 22.6 Å². The number of allylic oxidation sites excluding steroid dienone is 2. The molecule has 0 N–H and O–H groups in total. The predicted octanol–water partition coefficient (Wildman–Crippen LogP) is 4.71. The molecule has 2 aromatic carbocycles. The highest BCUT2D eigenvalue weighted by atomic mass is 35.5. The second-order valence-electron chi connectivity index (χ2n) is 4.30. The van der Waals surface area contributed by atoms with Crippen LogP contribution in [0.25, 0.3) is 0 Å². The summed E-state index contributed by atoms with van der Waals surface area (Å²) in [5, 5.41) is 18.2. The Balaban J connectivity index is 2.77. The summed E-state index contributed by atoms with van der Waals surface area (Å²) in [5.41, 5.74) is 1.20. The van der Waals surface area contributed by atoms with Crippen LogP contribution < -0.4 is 0 Å². The molecule has 0 aliphatic rings. The minimum absolute atomic E-state index is 0.00608. The molecule has 0 spiro atoms. The Morgan fingerprint density at radius 2 is 1.19 bits per heavy atom. The Hall–Kier alpha value is -2.26. The summed E-state index contributed by atoms with van der Waals surface area (Å²) in [5.74, 6) is 0. The average Bonchev–Trinajstić information content (AvgIpc) is 2.56. The molecule has 2 aromatic rings. The van der Waals surface area contributed by atoms with Gasteiger partial charge in [-0.05, 0) is 11.1 Å². The van der Waals surface area contributed by atoms with Crippen molar-refractivity contribution in [3.05, 3.63) is 82.4 Å². The molecular weight excluding hydrogens is 303 g/mol. The lowest BCUT2D eigenvalue weighted by molar-refractivity contribution is 0.898. The molecule has 0 fully saturated rings. The Bertz CT molecular complexity index is 682. The number of hydrogen-bond acceptors (Lipinski definition) is 2. The first-order valence-electron chi connectivity index (χ1n) is 6.15. The van der Waals surface area contributed by atoms with E-state index in [1.165, 1.54) is 0 Å². The van der Waals surface area contributed by atoms with Crippen LogP contribution in [0.3, 0.4) is 0 Å². The number of nitrogens with zero attached hydrogens (tertiary/aromatic N) is 2. The summed E-state index contributed by atoms with van der Waals surface area (Å²) < 4.78 is 0. The van der Waals surface area contributed by atoms with Gasteiger partial charge in [0.05, 0.1) is 5.03 Å². The summed E-state index contributed by atoms with van der Waals surface area (Å²) in [6.45, 7) is 0. The van der Waals surface area contributed by atoms with Gasteiger partial charge in [0.15, 0.2) is 0 Å². The van der Waals surface area contributed by atoms with Gasteiger partial charge in [-0.1, -0.05) is 72.3 Å². The van der Waals surface area contributed by atoms with Crippen LogP contribution in [-0.4, -0.2) is 0 Å². The maximum atomic E-state index is 9.08. The van der Waals surface area contributed by atoms with E-state index >= 15 is 0 Å². The van der Waals surface area contributed by atoms with Crippen molar-refractivity contribution in [2.24, 2.45) is 0 Å². The molecule has 0 heterocycles. The van der Waals surface area contributed by atoms with Crippen molar-refractivity contribution in [1.82, 2.24) is 0 Å². The molecule has 4 heteroatoms. The summed E-state index contributed by atoms with van der Waals surface area (Å²) >= 11 is 13.1. The lowest BCUT2D eigenvalue weighted by Crippen LogP contribution is -2.22. The lowest BCUT2D eigenvalue weighted by atomic mass is 9.88. The second-order valence-corrected chi connectivity index (χ2v) is 5.25. The van der Waals surface area contributed by atoms with Crippen molar-refractivity contribution < 1.29 is 0 Å². The van der Waals surface area contributed by atoms with Gasteiger partial charge in [0.2, 0.25) is 0 Å². The molecule has 0 aliphatic heterocycles. The molecule has 0 aliphatic carbocycles. The number of alkyl halides is 1. The number of benzene rings is 2. The normalized spacial score (nSPS) is 10.3. The number of nitriles is 2. The fraction of sp³-hybridized carbons (Fsp3) is 0.0588. The fourth-order valence-corrected chi connectivity index (χ4v) is 2.70. The van der Waals surface area contributed by atoms with Gasteiger partial charge in [0, 0.05) is 0 Å². The third-order valence-electron chi connectivity index (χ3n) is 3.09. The zero-order valence-electron chi connectivity index (χ0n) is 10.9. The molecule has 102 valence electrons. The molecule has 0 atom stereocenters. The monoisotopic (exact) mass is 312 g/mol. The summed E-state index contributed by atoms with van der Waals surface area (Å²) in [4.78, 5) is -1.26. The van der Waals surface area contributed by atoms with E-state index in [4.69, 9.17) is 33.7 Å². The van der Waals surface area contributed by atoms with E-state index in [-0.39, 0.29) is 10.6 Å². The van der Waals surface area contributed by atoms with Crippen LogP contribution in [0.4, 0.5) is 0 Å². The minimum atomic E-state index is -1.26. The Morgan fingerprint density at radius 3 is 1.52 bits per heavy atom. The van der Waals surface area contributed by atoms with Crippen molar-refractivity contribution in [3.8, 4) is 12.1 Å². The summed E-state index contributed by atoms with van der Waals surface area (Å²) in [6, 6.07) is 21.9. The Kier molecular flexibility index (Phi) is 4.66. The van der Waals surface area contributed by atoms with Crippen molar-refractivity contribution in [2.45, 2.75) is 4.87 Å². The van der Waals surface area contributed by atoms with E-state index in [0.29, 0.717) is 11.1 Å². The maximum Gasteiger partial charge on any atom is 0.146 e. The van der Waals surface area contributed by atoms with Crippen LogP contribution in [0.1, 0.15) is 11.1 Å². The van der Waals surface area contributed by atoms with Crippen LogP contribution in [0.2, 0.25) is 0 Å². The number of hydrogen-bond donors (Lipinski definition) is 0. The van der Waals surface area contributed by atoms with Gasteiger partial charge in [0.25, 0.3) is 0 Å². The van der Waals surface area contributed by atoms with E-state index in [1.807, 2.05) is 60.7 Å². The molecule has 21 heavy (non-hydrogen) atoms. The number of rotatable bonds is 3. The molecular formula is C17H10Cl2N2. The highest BCUT2D eigenvalue weighted by molar-refractivity contribution is 6.41. The average molecular weight is 313 g/mol. The van der Waals surface area contributed by atoms with Crippen LogP contribution in [0.15, 0.2) is 71.3 Å².